The van der Waals surface area contributed by atoms with Gasteiger partial charge in [-0.3, -0.25) is 4.79 Å². The number of primary amides is 1. The summed E-state index contributed by atoms with van der Waals surface area (Å²) in [5.41, 5.74) is 6.70. The zero-order valence-corrected chi connectivity index (χ0v) is 14.2. The third kappa shape index (κ3) is 5.76. The van der Waals surface area contributed by atoms with E-state index in [1.807, 2.05) is 0 Å². The molecule has 2 aromatic rings. The van der Waals surface area contributed by atoms with Crippen LogP contribution in [0.2, 0.25) is 10.0 Å². The molecule has 0 aliphatic carbocycles. The lowest BCUT2D eigenvalue weighted by Gasteiger charge is -2.17. The summed E-state index contributed by atoms with van der Waals surface area (Å²) in [6.07, 6.45) is -0.0435. The van der Waals surface area contributed by atoms with Gasteiger partial charge < -0.3 is 15.8 Å². The molecule has 0 saturated heterocycles. The van der Waals surface area contributed by atoms with E-state index in [1.165, 1.54) is 0 Å². The Balaban J connectivity index is 1.97. The number of carbonyl (C=O) groups is 2. The zero-order chi connectivity index (χ0) is 17.5. The minimum Gasteiger partial charge on any atom is -0.461 e. The van der Waals surface area contributed by atoms with Crippen LogP contribution in [0.15, 0.2) is 48.5 Å². The molecule has 2 rings (SSSR count). The molecular formula is C17H16Cl2N2O3. The Hall–Kier alpha value is -2.24. The molecule has 0 aliphatic heterocycles. The molecule has 3 N–H and O–H groups in total. The van der Waals surface area contributed by atoms with Gasteiger partial charge in [-0.2, -0.15) is 0 Å². The number of rotatable bonds is 6. The van der Waals surface area contributed by atoms with E-state index >= 15 is 0 Å². The fourth-order valence-corrected chi connectivity index (χ4v) is 2.34. The van der Waals surface area contributed by atoms with E-state index in [9.17, 15) is 9.59 Å². The highest BCUT2D eigenvalue weighted by Crippen LogP contribution is 2.20. The van der Waals surface area contributed by atoms with Crippen LogP contribution < -0.4 is 11.1 Å². The Bertz CT molecular complexity index is 703. The van der Waals surface area contributed by atoms with E-state index < -0.39 is 18.0 Å². The molecule has 0 aliphatic rings. The van der Waals surface area contributed by atoms with E-state index in [0.717, 1.165) is 5.56 Å². The lowest BCUT2D eigenvalue weighted by molar-refractivity contribution is -0.145. The zero-order valence-electron chi connectivity index (χ0n) is 12.7. The van der Waals surface area contributed by atoms with Crippen molar-refractivity contribution in [1.29, 1.82) is 0 Å². The van der Waals surface area contributed by atoms with Crippen LogP contribution in [-0.4, -0.2) is 12.0 Å². The molecule has 2 amide bonds. The second-order valence-electron chi connectivity index (χ2n) is 5.10. The molecule has 0 aromatic heterocycles. The van der Waals surface area contributed by atoms with Crippen molar-refractivity contribution in [2.75, 3.05) is 0 Å². The van der Waals surface area contributed by atoms with Gasteiger partial charge in [-0.05, 0) is 35.4 Å². The quantitative estimate of drug-likeness (QED) is 0.762. The van der Waals surface area contributed by atoms with Crippen LogP contribution in [0, 0.1) is 0 Å². The summed E-state index contributed by atoms with van der Waals surface area (Å²) in [6, 6.07) is 12.5. The summed E-state index contributed by atoms with van der Waals surface area (Å²) in [6.45, 7) is 0.125. The Kier molecular flexibility index (Phi) is 6.46. The number of carbonyl (C=O) groups excluding carboxylic acids is 2. The van der Waals surface area contributed by atoms with Crippen LogP contribution in [0.3, 0.4) is 0 Å². The van der Waals surface area contributed by atoms with Crippen molar-refractivity contribution in [1.82, 2.24) is 5.32 Å². The maximum Gasteiger partial charge on any atom is 0.312 e. The van der Waals surface area contributed by atoms with Gasteiger partial charge in [-0.1, -0.05) is 47.5 Å². The van der Waals surface area contributed by atoms with E-state index in [-0.39, 0.29) is 13.0 Å². The summed E-state index contributed by atoms with van der Waals surface area (Å²) >= 11 is 11.6. The summed E-state index contributed by atoms with van der Waals surface area (Å²) < 4.78 is 5.23. The maximum absolute atomic E-state index is 12.0. The number of hydrogen-bond donors (Lipinski definition) is 2. The normalized spacial score (nSPS) is 11.6. The van der Waals surface area contributed by atoms with Crippen LogP contribution in [0.25, 0.3) is 0 Å². The first-order valence-corrected chi connectivity index (χ1v) is 7.91. The molecule has 0 bridgehead atoms. The number of benzene rings is 2. The number of hydrogen-bond acceptors (Lipinski definition) is 3. The van der Waals surface area contributed by atoms with Crippen molar-refractivity contribution < 1.29 is 14.3 Å². The summed E-state index contributed by atoms with van der Waals surface area (Å²) in [5.74, 6) is -0.460. The van der Waals surface area contributed by atoms with Gasteiger partial charge in [0.1, 0.15) is 6.61 Å². The Morgan fingerprint density at radius 2 is 1.54 bits per heavy atom. The summed E-state index contributed by atoms with van der Waals surface area (Å²) in [4.78, 5) is 23.2. The molecule has 0 saturated carbocycles. The number of amides is 2. The van der Waals surface area contributed by atoms with Gasteiger partial charge in [0.05, 0.1) is 12.5 Å². The molecular weight excluding hydrogens is 351 g/mol. The van der Waals surface area contributed by atoms with Crippen LogP contribution in [0.5, 0.6) is 0 Å². The van der Waals surface area contributed by atoms with Crippen LogP contribution in [0.1, 0.15) is 23.6 Å². The van der Waals surface area contributed by atoms with Crippen molar-refractivity contribution in [2.24, 2.45) is 5.73 Å². The van der Waals surface area contributed by atoms with E-state index in [2.05, 4.69) is 5.32 Å². The largest absolute Gasteiger partial charge is 0.461 e. The van der Waals surface area contributed by atoms with Crippen molar-refractivity contribution in [2.45, 2.75) is 19.1 Å². The summed E-state index contributed by atoms with van der Waals surface area (Å²) in [5, 5.41) is 3.70. The minimum absolute atomic E-state index is 0.0435. The lowest BCUT2D eigenvalue weighted by atomic mass is 10.0. The van der Waals surface area contributed by atoms with Crippen LogP contribution >= 0.6 is 23.2 Å². The van der Waals surface area contributed by atoms with Gasteiger partial charge in [0, 0.05) is 10.0 Å². The Labute approximate surface area is 149 Å². The first-order valence-electron chi connectivity index (χ1n) is 7.15. The van der Waals surface area contributed by atoms with E-state index in [4.69, 9.17) is 33.7 Å². The molecule has 0 spiro atoms. The van der Waals surface area contributed by atoms with Gasteiger partial charge in [-0.15, -0.1) is 0 Å². The lowest BCUT2D eigenvalue weighted by Crippen LogP contribution is -2.34. The third-order valence-electron chi connectivity index (χ3n) is 3.27. The minimum atomic E-state index is -0.722. The van der Waals surface area contributed by atoms with E-state index in [0.29, 0.717) is 15.6 Å². The molecule has 1 atom stereocenters. The van der Waals surface area contributed by atoms with E-state index in [1.54, 1.807) is 48.5 Å². The first-order chi connectivity index (χ1) is 11.4. The first kappa shape index (κ1) is 18.1. The van der Waals surface area contributed by atoms with Gasteiger partial charge >= 0.3 is 12.0 Å². The molecule has 0 unspecified atom stereocenters. The number of urea groups is 1. The van der Waals surface area contributed by atoms with Crippen LogP contribution in [-0.2, 0) is 16.1 Å². The fraction of sp³-hybridized carbons (Fsp3) is 0.176. The smallest absolute Gasteiger partial charge is 0.312 e. The second kappa shape index (κ2) is 8.57. The number of nitrogens with one attached hydrogen (secondary N) is 1. The highest BCUT2D eigenvalue weighted by atomic mass is 35.5. The number of ether oxygens (including phenoxy) is 1. The highest BCUT2D eigenvalue weighted by molar-refractivity contribution is 6.30. The van der Waals surface area contributed by atoms with Crippen molar-refractivity contribution in [3.05, 3.63) is 69.7 Å². The maximum atomic E-state index is 12.0. The number of halogens is 2. The monoisotopic (exact) mass is 366 g/mol. The SMILES string of the molecule is NC(=O)N[C@H](CC(=O)OCc1ccc(Cl)cc1)c1ccc(Cl)cc1. The van der Waals surface area contributed by atoms with Gasteiger partial charge in [0.2, 0.25) is 0 Å². The molecule has 0 heterocycles. The van der Waals surface area contributed by atoms with Crippen molar-refractivity contribution >= 4 is 35.2 Å². The molecule has 24 heavy (non-hydrogen) atoms. The Morgan fingerprint density at radius 3 is 2.08 bits per heavy atom. The fourth-order valence-electron chi connectivity index (χ4n) is 2.09. The molecule has 5 nitrogen and oxygen atoms in total. The standard InChI is InChI=1S/C17H16Cl2N2O3/c18-13-5-1-11(2-6-13)10-24-16(22)9-15(21-17(20)23)12-3-7-14(19)8-4-12/h1-8,15H,9-10H2,(H3,20,21,23)/t15-/m1/s1. The van der Waals surface area contributed by atoms with Gasteiger partial charge in [0.25, 0.3) is 0 Å². The van der Waals surface area contributed by atoms with Gasteiger partial charge in [-0.25, -0.2) is 4.79 Å². The van der Waals surface area contributed by atoms with Crippen LogP contribution in [0.4, 0.5) is 4.79 Å². The molecule has 0 radical (unpaired) electrons. The van der Waals surface area contributed by atoms with Crippen molar-refractivity contribution in [3.63, 3.8) is 0 Å². The molecule has 2 aromatic carbocycles. The van der Waals surface area contributed by atoms with Crippen molar-refractivity contribution in [3.8, 4) is 0 Å². The predicted molar refractivity (Wildman–Crippen MR) is 92.8 cm³/mol. The summed E-state index contributed by atoms with van der Waals surface area (Å²) in [7, 11) is 0. The second-order valence-corrected chi connectivity index (χ2v) is 5.98. The predicted octanol–water partition coefficient (Wildman–Crippen LogP) is 3.84. The van der Waals surface area contributed by atoms with Gasteiger partial charge in [0.15, 0.2) is 0 Å². The topological polar surface area (TPSA) is 81.4 Å². The number of esters is 1. The molecule has 126 valence electrons. The average Bonchev–Trinajstić information content (AvgIpc) is 2.54. The molecule has 7 heteroatoms. The average molecular weight is 367 g/mol. The third-order valence-corrected chi connectivity index (χ3v) is 3.78. The highest BCUT2D eigenvalue weighted by Gasteiger charge is 2.18. The number of nitrogens with two attached hydrogens (primary N) is 1. The molecule has 0 fully saturated rings. The Morgan fingerprint density at radius 1 is 1.00 bits per heavy atom.